The van der Waals surface area contributed by atoms with E-state index < -0.39 is 5.60 Å². The van der Waals surface area contributed by atoms with E-state index in [4.69, 9.17) is 4.74 Å². The van der Waals surface area contributed by atoms with Crippen LogP contribution in [-0.4, -0.2) is 54.4 Å². The number of nitrogens with one attached hydrogen (secondary N) is 1. The second kappa shape index (κ2) is 6.89. The number of carbonyl (C=O) groups is 1. The van der Waals surface area contributed by atoms with Gasteiger partial charge >= 0.3 is 0 Å². The van der Waals surface area contributed by atoms with Gasteiger partial charge in [0.2, 0.25) is 5.91 Å². The third-order valence-electron chi connectivity index (χ3n) is 4.90. The van der Waals surface area contributed by atoms with Gasteiger partial charge in [-0.25, -0.2) is 0 Å². The first-order valence-corrected chi connectivity index (χ1v) is 9.17. The Morgan fingerprint density at radius 2 is 2.35 bits per heavy atom. The minimum atomic E-state index is -0.919. The molecule has 2 fully saturated rings. The first-order chi connectivity index (χ1) is 11.0. The van der Waals surface area contributed by atoms with Crippen molar-refractivity contribution < 1.29 is 14.6 Å². The zero-order valence-electron chi connectivity index (χ0n) is 13.8. The maximum atomic E-state index is 12.1. The molecule has 23 heavy (non-hydrogen) atoms. The molecule has 1 amide bonds. The van der Waals surface area contributed by atoms with Gasteiger partial charge in [0.25, 0.3) is 0 Å². The molecule has 3 atom stereocenters. The van der Waals surface area contributed by atoms with E-state index in [1.165, 1.54) is 24.8 Å². The summed E-state index contributed by atoms with van der Waals surface area (Å²) < 4.78 is 4.94. The van der Waals surface area contributed by atoms with E-state index in [2.05, 4.69) is 21.7 Å². The van der Waals surface area contributed by atoms with E-state index >= 15 is 0 Å². The van der Waals surface area contributed by atoms with Crippen LogP contribution in [0.4, 0.5) is 0 Å². The molecule has 6 heteroatoms. The van der Waals surface area contributed by atoms with Gasteiger partial charge in [0.1, 0.15) is 6.61 Å². The van der Waals surface area contributed by atoms with Crippen LogP contribution in [0.25, 0.3) is 0 Å². The molecule has 1 saturated heterocycles. The van der Waals surface area contributed by atoms with Crippen molar-refractivity contribution in [2.75, 3.05) is 26.8 Å². The second-order valence-electron chi connectivity index (χ2n) is 6.98. The van der Waals surface area contributed by atoms with Crippen molar-refractivity contribution in [2.45, 2.75) is 43.9 Å². The molecule has 1 aliphatic carbocycles. The first kappa shape index (κ1) is 16.9. The lowest BCUT2D eigenvalue weighted by Gasteiger charge is -2.48. The SMILES string of the molecule is COCC(=O)NC1C(c2cccs2)N(CC2CC2)CCC1(C)O. The highest BCUT2D eigenvalue weighted by molar-refractivity contribution is 7.10. The van der Waals surface area contributed by atoms with Crippen LogP contribution in [0.15, 0.2) is 17.5 Å². The highest BCUT2D eigenvalue weighted by Gasteiger charge is 2.47. The molecule has 2 heterocycles. The summed E-state index contributed by atoms with van der Waals surface area (Å²) in [7, 11) is 1.51. The Labute approximate surface area is 141 Å². The molecular formula is C17H26N2O3S. The zero-order chi connectivity index (χ0) is 16.4. The minimum Gasteiger partial charge on any atom is -0.388 e. The Morgan fingerprint density at radius 3 is 2.96 bits per heavy atom. The molecule has 3 unspecified atom stereocenters. The van der Waals surface area contributed by atoms with Crippen LogP contribution in [-0.2, 0) is 9.53 Å². The van der Waals surface area contributed by atoms with E-state index in [9.17, 15) is 9.90 Å². The van der Waals surface area contributed by atoms with Crippen LogP contribution in [0.5, 0.6) is 0 Å². The van der Waals surface area contributed by atoms with Crippen LogP contribution in [0.2, 0.25) is 0 Å². The van der Waals surface area contributed by atoms with Crippen molar-refractivity contribution in [1.82, 2.24) is 10.2 Å². The van der Waals surface area contributed by atoms with E-state index in [0.29, 0.717) is 6.42 Å². The van der Waals surface area contributed by atoms with Crippen molar-refractivity contribution >= 4 is 17.2 Å². The highest BCUT2D eigenvalue weighted by Crippen LogP contribution is 2.41. The minimum absolute atomic E-state index is 0.0202. The Kier molecular flexibility index (Phi) is 5.06. The predicted molar refractivity (Wildman–Crippen MR) is 90.4 cm³/mol. The Morgan fingerprint density at radius 1 is 1.57 bits per heavy atom. The summed E-state index contributed by atoms with van der Waals surface area (Å²) in [5.41, 5.74) is -0.919. The summed E-state index contributed by atoms with van der Waals surface area (Å²) in [4.78, 5) is 15.7. The quantitative estimate of drug-likeness (QED) is 0.830. The molecule has 0 spiro atoms. The van der Waals surface area contributed by atoms with Crippen molar-refractivity contribution in [2.24, 2.45) is 5.92 Å². The first-order valence-electron chi connectivity index (χ1n) is 8.29. The summed E-state index contributed by atoms with van der Waals surface area (Å²) in [5.74, 6) is 0.600. The number of thiophene rings is 1. The third-order valence-corrected chi connectivity index (χ3v) is 5.84. The number of hydrogen-bond acceptors (Lipinski definition) is 5. The second-order valence-corrected chi connectivity index (χ2v) is 7.96. The zero-order valence-corrected chi connectivity index (χ0v) is 14.6. The number of rotatable bonds is 6. The number of amides is 1. The smallest absolute Gasteiger partial charge is 0.246 e. The number of ether oxygens (including phenoxy) is 1. The van der Waals surface area contributed by atoms with Gasteiger partial charge in [-0.1, -0.05) is 6.07 Å². The molecule has 1 aromatic rings. The van der Waals surface area contributed by atoms with E-state index in [0.717, 1.165) is 19.0 Å². The maximum absolute atomic E-state index is 12.1. The Balaban J connectivity index is 1.85. The third kappa shape index (κ3) is 3.94. The lowest BCUT2D eigenvalue weighted by molar-refractivity contribution is -0.132. The summed E-state index contributed by atoms with van der Waals surface area (Å²) in [6.07, 6.45) is 3.26. The Bertz CT molecular complexity index is 528. The number of piperidine rings is 1. The van der Waals surface area contributed by atoms with Crippen molar-refractivity contribution in [1.29, 1.82) is 0 Å². The van der Waals surface area contributed by atoms with Crippen LogP contribution < -0.4 is 5.32 Å². The van der Waals surface area contributed by atoms with E-state index in [1.54, 1.807) is 11.3 Å². The van der Waals surface area contributed by atoms with Crippen LogP contribution in [0.1, 0.15) is 37.1 Å². The number of nitrogens with zero attached hydrogens (tertiary/aromatic N) is 1. The molecule has 1 aromatic heterocycles. The van der Waals surface area contributed by atoms with Crippen LogP contribution in [0.3, 0.4) is 0 Å². The lowest BCUT2D eigenvalue weighted by Crippen LogP contribution is -2.62. The number of aliphatic hydroxyl groups is 1. The average Bonchev–Trinajstić information content (AvgIpc) is 3.14. The normalized spacial score (nSPS) is 32.0. The molecule has 2 aliphatic rings. The van der Waals surface area contributed by atoms with Gasteiger partial charge in [-0.3, -0.25) is 9.69 Å². The molecule has 0 aromatic carbocycles. The molecule has 1 aliphatic heterocycles. The highest BCUT2D eigenvalue weighted by atomic mass is 32.1. The average molecular weight is 338 g/mol. The molecule has 0 bridgehead atoms. The van der Waals surface area contributed by atoms with Crippen molar-refractivity contribution in [3.05, 3.63) is 22.4 Å². The Hall–Kier alpha value is -0.950. The summed E-state index contributed by atoms with van der Waals surface area (Å²) in [6.45, 7) is 3.77. The van der Waals surface area contributed by atoms with Crippen molar-refractivity contribution in [3.8, 4) is 0 Å². The molecule has 2 N–H and O–H groups in total. The topological polar surface area (TPSA) is 61.8 Å². The molecular weight excluding hydrogens is 312 g/mol. The van der Waals surface area contributed by atoms with Gasteiger partial charge in [0, 0.05) is 25.1 Å². The van der Waals surface area contributed by atoms with Gasteiger partial charge < -0.3 is 15.2 Å². The fourth-order valence-corrected chi connectivity index (χ4v) is 4.33. The van der Waals surface area contributed by atoms with E-state index in [1.807, 2.05) is 13.0 Å². The van der Waals surface area contributed by atoms with Crippen LogP contribution >= 0.6 is 11.3 Å². The summed E-state index contributed by atoms with van der Waals surface area (Å²) >= 11 is 1.69. The maximum Gasteiger partial charge on any atom is 0.246 e. The summed E-state index contributed by atoms with van der Waals surface area (Å²) in [5, 5.41) is 16.0. The predicted octanol–water partition coefficient (Wildman–Crippen LogP) is 1.79. The standard InChI is InChI=1S/C17H26N2O3S/c1-17(21)7-8-19(10-12-5-6-12)15(13-4-3-9-23-13)16(17)18-14(20)11-22-2/h3-4,9,12,15-16,21H,5-8,10-11H2,1-2H3,(H,18,20). The monoisotopic (exact) mass is 338 g/mol. The fraction of sp³-hybridized carbons (Fsp3) is 0.706. The van der Waals surface area contributed by atoms with E-state index in [-0.39, 0.29) is 24.6 Å². The van der Waals surface area contributed by atoms with Gasteiger partial charge in [0.15, 0.2) is 0 Å². The molecule has 0 radical (unpaired) electrons. The molecule has 5 nitrogen and oxygen atoms in total. The number of carbonyl (C=O) groups excluding carboxylic acids is 1. The molecule has 1 saturated carbocycles. The van der Waals surface area contributed by atoms with Gasteiger partial charge in [0.05, 0.1) is 17.7 Å². The van der Waals surface area contributed by atoms with Gasteiger partial charge in [-0.15, -0.1) is 11.3 Å². The van der Waals surface area contributed by atoms with Gasteiger partial charge in [-0.2, -0.15) is 0 Å². The molecule has 3 rings (SSSR count). The lowest BCUT2D eigenvalue weighted by atomic mass is 9.81. The number of likely N-dealkylation sites (tertiary alicyclic amines) is 1. The largest absolute Gasteiger partial charge is 0.388 e. The van der Waals surface area contributed by atoms with Gasteiger partial charge in [-0.05, 0) is 43.6 Å². The number of methoxy groups -OCH3 is 1. The summed E-state index contributed by atoms with van der Waals surface area (Å²) in [6, 6.07) is 3.84. The number of hydrogen-bond donors (Lipinski definition) is 2. The van der Waals surface area contributed by atoms with Crippen molar-refractivity contribution in [3.63, 3.8) is 0 Å². The van der Waals surface area contributed by atoms with Crippen LogP contribution in [0, 0.1) is 5.92 Å². The molecule has 128 valence electrons. The fourth-order valence-electron chi connectivity index (χ4n) is 3.44.